The number of likely N-dealkylation sites (N-methyl/N-ethyl adjacent to an activating group) is 1. The third-order valence-electron chi connectivity index (χ3n) is 10.2. The zero-order chi connectivity index (χ0) is 41.2. The van der Waals surface area contributed by atoms with Crippen molar-refractivity contribution in [3.8, 4) is 5.75 Å². The number of amides is 5. The number of nitrogens with zero attached hydrogens (tertiary/aromatic N) is 5. The molecule has 1 aliphatic heterocycles. The van der Waals surface area contributed by atoms with Crippen LogP contribution in [0.2, 0.25) is 0 Å². The summed E-state index contributed by atoms with van der Waals surface area (Å²) in [6.07, 6.45) is -1.60. The van der Waals surface area contributed by atoms with Crippen molar-refractivity contribution in [1.82, 2.24) is 35.4 Å². The maximum absolute atomic E-state index is 14.4. The number of benzene rings is 2. The number of hydrogen-bond acceptors (Lipinski definition) is 8. The van der Waals surface area contributed by atoms with Gasteiger partial charge in [0.25, 0.3) is 5.91 Å². The Morgan fingerprint density at radius 2 is 1.66 bits per heavy atom. The summed E-state index contributed by atoms with van der Waals surface area (Å²) >= 11 is 0. The molecule has 0 spiro atoms. The van der Waals surface area contributed by atoms with E-state index < -0.39 is 41.6 Å². The van der Waals surface area contributed by atoms with Crippen molar-refractivity contribution in [3.05, 3.63) is 95.3 Å². The van der Waals surface area contributed by atoms with E-state index in [1.807, 2.05) is 87.5 Å². The number of carbonyl (C=O) groups excluding carboxylic acids is 3. The van der Waals surface area contributed by atoms with Gasteiger partial charge in [-0.3, -0.25) is 24.9 Å². The molecule has 0 aliphatic carbocycles. The summed E-state index contributed by atoms with van der Waals surface area (Å²) in [6, 6.07) is 19.4. The van der Waals surface area contributed by atoms with E-state index in [9.17, 15) is 29.4 Å². The molecule has 14 nitrogen and oxygen atoms in total. The molecule has 4 N–H and O–H groups in total. The molecule has 1 aromatic heterocycles. The van der Waals surface area contributed by atoms with Gasteiger partial charge in [-0.1, -0.05) is 89.6 Å². The van der Waals surface area contributed by atoms with Gasteiger partial charge in [-0.15, -0.1) is 0 Å². The smallest absolute Gasteiger partial charge is 0.407 e. The topological polar surface area (TPSA) is 168 Å². The second-order valence-corrected chi connectivity index (χ2v) is 15.7. The number of nitrogens with one attached hydrogen (secondary N) is 2. The fourth-order valence-electron chi connectivity index (χ4n) is 7.21. The van der Waals surface area contributed by atoms with Gasteiger partial charge in [0.2, 0.25) is 5.91 Å². The van der Waals surface area contributed by atoms with Crippen LogP contribution in [0.1, 0.15) is 63.6 Å². The Hall–Kier alpha value is -5.21. The summed E-state index contributed by atoms with van der Waals surface area (Å²) in [5.41, 5.74) is 5.37. The number of rotatable bonds is 18. The van der Waals surface area contributed by atoms with Gasteiger partial charge in [0, 0.05) is 38.9 Å². The van der Waals surface area contributed by atoms with Crippen molar-refractivity contribution in [2.45, 2.75) is 91.7 Å². The summed E-state index contributed by atoms with van der Waals surface area (Å²) in [4.78, 5) is 63.1. The van der Waals surface area contributed by atoms with Gasteiger partial charge in [0.1, 0.15) is 17.8 Å². The van der Waals surface area contributed by atoms with Crippen LogP contribution in [0.3, 0.4) is 0 Å². The maximum Gasteiger partial charge on any atom is 0.407 e. The Morgan fingerprint density at radius 1 is 0.982 bits per heavy atom. The number of hydrazine groups is 1. The average Bonchev–Trinajstić information content (AvgIpc) is 3.49. The number of pyridine rings is 1. The van der Waals surface area contributed by atoms with E-state index >= 15 is 0 Å². The quantitative estimate of drug-likeness (QED) is 0.134. The number of aryl methyl sites for hydroxylation is 1. The summed E-state index contributed by atoms with van der Waals surface area (Å²) in [6.45, 7) is 12.3. The summed E-state index contributed by atoms with van der Waals surface area (Å²) in [7, 11) is 2.90. The lowest BCUT2D eigenvalue weighted by atomic mass is 9.85. The molecule has 1 fully saturated rings. The van der Waals surface area contributed by atoms with Crippen LogP contribution in [-0.4, -0.2) is 117 Å². The number of methoxy groups -OCH3 is 1. The molecule has 2 heterocycles. The van der Waals surface area contributed by atoms with E-state index in [1.54, 1.807) is 43.7 Å². The highest BCUT2D eigenvalue weighted by molar-refractivity contribution is 5.88. The molecule has 5 atom stereocenters. The lowest BCUT2D eigenvalue weighted by molar-refractivity contribution is -0.135. The Kier molecular flexibility index (Phi) is 15.2. The first kappa shape index (κ1) is 43.5. The highest BCUT2D eigenvalue weighted by atomic mass is 16.5. The Morgan fingerprint density at radius 3 is 2.29 bits per heavy atom. The van der Waals surface area contributed by atoms with Gasteiger partial charge in [-0.05, 0) is 60.1 Å². The van der Waals surface area contributed by atoms with Crippen LogP contribution in [0, 0.1) is 18.3 Å². The van der Waals surface area contributed by atoms with E-state index in [2.05, 4.69) is 15.7 Å². The molecule has 4 rings (SSSR count). The van der Waals surface area contributed by atoms with Gasteiger partial charge in [-0.25, -0.2) is 14.6 Å². The van der Waals surface area contributed by atoms with Crippen LogP contribution in [0.5, 0.6) is 5.75 Å². The number of ether oxygens (including phenoxy) is 1. The number of aromatic nitrogens is 1. The van der Waals surface area contributed by atoms with Crippen LogP contribution in [0.15, 0.2) is 72.8 Å². The van der Waals surface area contributed by atoms with Crippen molar-refractivity contribution in [2.75, 3.05) is 33.8 Å². The fraction of sp³-hybridized carbons (Fsp3) is 0.500. The zero-order valence-electron chi connectivity index (χ0n) is 33.9. The van der Waals surface area contributed by atoms with Gasteiger partial charge in [-0.2, -0.15) is 0 Å². The van der Waals surface area contributed by atoms with Crippen molar-refractivity contribution < 1.29 is 34.1 Å². The van der Waals surface area contributed by atoms with Crippen LogP contribution in [0.4, 0.5) is 9.59 Å². The molecule has 2 aromatic carbocycles. The zero-order valence-corrected chi connectivity index (χ0v) is 33.9. The molecule has 0 saturated carbocycles. The molecular weight excluding hydrogens is 715 g/mol. The number of hydrogen-bond donors (Lipinski definition) is 4. The van der Waals surface area contributed by atoms with E-state index in [1.165, 1.54) is 12.1 Å². The first-order chi connectivity index (χ1) is 26.5. The van der Waals surface area contributed by atoms with Crippen molar-refractivity contribution in [2.24, 2.45) is 11.3 Å². The highest BCUT2D eigenvalue weighted by Crippen LogP contribution is 2.26. The van der Waals surface area contributed by atoms with Gasteiger partial charge in [0.15, 0.2) is 0 Å². The highest BCUT2D eigenvalue weighted by Gasteiger charge is 2.42. The van der Waals surface area contributed by atoms with Crippen LogP contribution in [0.25, 0.3) is 0 Å². The van der Waals surface area contributed by atoms with E-state index in [-0.39, 0.29) is 37.4 Å². The SMILES string of the molecule is CCC(C)C(C(=O)NC(Cc1ccccc1)C(O)CN(Cc1cccc(OC)c1)NC(=O)C(N(C)C(=O)O)C(C)(C)C)N1CCN(Cc2cccc(C)n2)C1=O. The summed E-state index contributed by atoms with van der Waals surface area (Å²) in [5.74, 6) is -0.559. The maximum atomic E-state index is 14.4. The Labute approximate surface area is 330 Å². The number of aliphatic hydroxyl groups is 1. The van der Waals surface area contributed by atoms with Crippen LogP contribution >= 0.6 is 0 Å². The minimum absolute atomic E-state index is 0.128. The van der Waals surface area contributed by atoms with Crippen molar-refractivity contribution >= 4 is 23.9 Å². The minimum Gasteiger partial charge on any atom is -0.497 e. The molecule has 56 heavy (non-hydrogen) atoms. The first-order valence-corrected chi connectivity index (χ1v) is 19.2. The van der Waals surface area contributed by atoms with Gasteiger partial charge in [0.05, 0.1) is 31.5 Å². The lowest BCUT2D eigenvalue weighted by Gasteiger charge is -2.38. The second kappa shape index (κ2) is 19.6. The molecule has 0 bridgehead atoms. The van der Waals surface area contributed by atoms with E-state index in [0.717, 1.165) is 27.4 Å². The fourth-order valence-corrected chi connectivity index (χ4v) is 7.21. The number of urea groups is 1. The molecule has 5 amide bonds. The molecule has 14 heteroatoms. The number of carbonyl (C=O) groups is 4. The van der Waals surface area contributed by atoms with Crippen LogP contribution < -0.4 is 15.5 Å². The second-order valence-electron chi connectivity index (χ2n) is 15.7. The van der Waals surface area contributed by atoms with Gasteiger partial charge >= 0.3 is 12.1 Å². The normalized spacial score (nSPS) is 15.9. The first-order valence-electron chi connectivity index (χ1n) is 19.2. The molecule has 0 radical (unpaired) electrons. The monoisotopic (exact) mass is 773 g/mol. The molecular formula is C42H59N7O7. The largest absolute Gasteiger partial charge is 0.497 e. The predicted molar refractivity (Wildman–Crippen MR) is 213 cm³/mol. The van der Waals surface area contributed by atoms with Gasteiger partial charge < -0.3 is 30.1 Å². The minimum atomic E-state index is -1.26. The molecule has 3 aromatic rings. The summed E-state index contributed by atoms with van der Waals surface area (Å²) in [5, 5.41) is 26.5. The molecule has 304 valence electrons. The summed E-state index contributed by atoms with van der Waals surface area (Å²) < 4.78 is 5.42. The van der Waals surface area contributed by atoms with E-state index in [0.29, 0.717) is 31.8 Å². The predicted octanol–water partition coefficient (Wildman–Crippen LogP) is 4.70. The number of aliphatic hydroxyl groups excluding tert-OH is 1. The molecule has 5 unspecified atom stereocenters. The molecule has 1 aliphatic rings. The molecule has 1 saturated heterocycles. The average molecular weight is 774 g/mol. The Balaban J connectivity index is 1.63. The van der Waals surface area contributed by atoms with Crippen molar-refractivity contribution in [1.29, 1.82) is 0 Å². The third kappa shape index (κ3) is 11.7. The lowest BCUT2D eigenvalue weighted by Crippen LogP contribution is -2.60. The third-order valence-corrected chi connectivity index (χ3v) is 10.2. The van der Waals surface area contributed by atoms with Crippen molar-refractivity contribution in [3.63, 3.8) is 0 Å². The standard InChI is InChI=1S/C42H59N7O7/c1-9-28(2)36(49-22-21-47(40(49)53)26-32-19-13-15-29(3)43-32)38(51)44-34(24-30-16-11-10-12-17-30)35(50)27-48(25-31-18-14-20-33(23-31)56-8)45-39(52)37(42(4,5)6)46(7)41(54)55/h10-20,23,28,34-37,50H,9,21-22,24-27H2,1-8H3,(H,44,51)(H,45,52)(H,54,55). The van der Waals surface area contributed by atoms with E-state index in [4.69, 9.17) is 4.74 Å². The number of carboxylic acid groups (broad SMARTS) is 1. The van der Waals surface area contributed by atoms with Crippen LogP contribution in [-0.2, 0) is 29.1 Å². The Bertz CT molecular complexity index is 1790.